The molecule has 0 saturated heterocycles. The molecule has 0 aliphatic carbocycles. The molecule has 0 atom stereocenters. The summed E-state index contributed by atoms with van der Waals surface area (Å²) in [6.45, 7) is 3.46. The summed E-state index contributed by atoms with van der Waals surface area (Å²) in [4.78, 5) is 23.2. The van der Waals surface area contributed by atoms with Gasteiger partial charge in [0.15, 0.2) is 11.6 Å². The van der Waals surface area contributed by atoms with Gasteiger partial charge in [-0.05, 0) is 13.8 Å². The second-order valence-electron chi connectivity index (χ2n) is 4.23. The molecule has 2 amide bonds. The van der Waals surface area contributed by atoms with Gasteiger partial charge in [0.05, 0.1) is 11.5 Å². The van der Waals surface area contributed by atoms with Crippen LogP contribution in [-0.2, 0) is 9.59 Å². The molecule has 2 aromatic heterocycles. The van der Waals surface area contributed by atoms with Gasteiger partial charge in [-0.3, -0.25) is 9.59 Å². The van der Waals surface area contributed by atoms with Crippen molar-refractivity contribution in [3.63, 3.8) is 0 Å². The van der Waals surface area contributed by atoms with E-state index in [1.54, 1.807) is 26.0 Å². The lowest BCUT2D eigenvalue weighted by Crippen LogP contribution is -2.18. The molecule has 0 fully saturated rings. The van der Waals surface area contributed by atoms with Gasteiger partial charge in [0.1, 0.15) is 11.5 Å². The van der Waals surface area contributed by atoms with E-state index >= 15 is 0 Å². The Morgan fingerprint density at radius 2 is 1.43 bits per heavy atom. The first-order valence-electron chi connectivity index (χ1n) is 6.07. The van der Waals surface area contributed by atoms with Crippen molar-refractivity contribution in [3.8, 4) is 0 Å². The monoisotopic (exact) mass is 310 g/mol. The Bertz CT molecular complexity index is 582. The Labute approximate surface area is 124 Å². The minimum absolute atomic E-state index is 0.136. The fourth-order valence-electron chi connectivity index (χ4n) is 1.44. The van der Waals surface area contributed by atoms with E-state index < -0.39 is 0 Å². The van der Waals surface area contributed by atoms with Crippen LogP contribution >= 0.6 is 11.8 Å². The summed E-state index contributed by atoms with van der Waals surface area (Å²) in [6, 6.07) is 3.23. The SMILES string of the molecule is Cc1cc(NC(=O)CSCC(=O)Nc2cc(C)on2)no1. The number of nitrogens with one attached hydrogen (secondary N) is 2. The van der Waals surface area contributed by atoms with Crippen molar-refractivity contribution < 1.29 is 18.6 Å². The van der Waals surface area contributed by atoms with Gasteiger partial charge in [0, 0.05) is 12.1 Å². The molecule has 8 nitrogen and oxygen atoms in total. The smallest absolute Gasteiger partial charge is 0.235 e. The number of aromatic nitrogens is 2. The average molecular weight is 310 g/mol. The van der Waals surface area contributed by atoms with Crippen molar-refractivity contribution in [2.24, 2.45) is 0 Å². The highest BCUT2D eigenvalue weighted by molar-refractivity contribution is 8.00. The van der Waals surface area contributed by atoms with E-state index in [1.165, 1.54) is 11.8 Å². The fraction of sp³-hybridized carbons (Fsp3) is 0.333. The van der Waals surface area contributed by atoms with Gasteiger partial charge in [-0.25, -0.2) is 0 Å². The average Bonchev–Trinajstić information content (AvgIpc) is 2.98. The highest BCUT2D eigenvalue weighted by atomic mass is 32.2. The topological polar surface area (TPSA) is 110 Å². The largest absolute Gasteiger partial charge is 0.360 e. The first-order chi connectivity index (χ1) is 10.0. The molecule has 0 aliphatic heterocycles. The minimum atomic E-state index is -0.251. The molecule has 21 heavy (non-hydrogen) atoms. The lowest BCUT2D eigenvalue weighted by atomic mass is 10.5. The van der Waals surface area contributed by atoms with E-state index in [1.807, 2.05) is 0 Å². The summed E-state index contributed by atoms with van der Waals surface area (Å²) in [5.74, 6) is 1.72. The second kappa shape index (κ2) is 6.93. The van der Waals surface area contributed by atoms with E-state index in [9.17, 15) is 9.59 Å². The number of aryl methyl sites for hydroxylation is 2. The lowest BCUT2D eigenvalue weighted by Gasteiger charge is -2.02. The van der Waals surface area contributed by atoms with Crippen LogP contribution in [0, 0.1) is 13.8 Å². The molecule has 0 spiro atoms. The molecule has 0 radical (unpaired) electrons. The van der Waals surface area contributed by atoms with Gasteiger partial charge in [-0.2, -0.15) is 0 Å². The number of rotatable bonds is 6. The molecule has 2 N–H and O–H groups in total. The van der Waals surface area contributed by atoms with Crippen molar-refractivity contribution in [3.05, 3.63) is 23.7 Å². The molecule has 112 valence electrons. The van der Waals surface area contributed by atoms with Gasteiger partial charge in [-0.1, -0.05) is 10.3 Å². The van der Waals surface area contributed by atoms with Crippen LogP contribution in [0.2, 0.25) is 0 Å². The molecule has 0 unspecified atom stereocenters. The number of hydrogen-bond acceptors (Lipinski definition) is 7. The van der Waals surface area contributed by atoms with Crippen LogP contribution in [-0.4, -0.2) is 33.6 Å². The van der Waals surface area contributed by atoms with Crippen LogP contribution in [0.15, 0.2) is 21.2 Å². The van der Waals surface area contributed by atoms with Crippen molar-refractivity contribution in [1.82, 2.24) is 10.3 Å². The maximum atomic E-state index is 11.6. The highest BCUT2D eigenvalue weighted by Crippen LogP contribution is 2.10. The van der Waals surface area contributed by atoms with Crippen molar-refractivity contribution in [2.75, 3.05) is 22.1 Å². The van der Waals surface area contributed by atoms with Crippen LogP contribution in [0.3, 0.4) is 0 Å². The fourth-order valence-corrected chi connectivity index (χ4v) is 2.06. The van der Waals surface area contributed by atoms with E-state index in [0.29, 0.717) is 23.2 Å². The van der Waals surface area contributed by atoms with Crippen LogP contribution in [0.25, 0.3) is 0 Å². The Hall–Kier alpha value is -2.29. The number of anilines is 2. The van der Waals surface area contributed by atoms with Crippen molar-refractivity contribution in [2.45, 2.75) is 13.8 Å². The molecule has 0 bridgehead atoms. The number of thioether (sulfide) groups is 1. The Balaban J connectivity index is 1.66. The summed E-state index contributed by atoms with van der Waals surface area (Å²) in [7, 11) is 0. The second-order valence-corrected chi connectivity index (χ2v) is 5.22. The molecule has 2 rings (SSSR count). The summed E-state index contributed by atoms with van der Waals surface area (Å²) >= 11 is 1.18. The lowest BCUT2D eigenvalue weighted by molar-refractivity contribution is -0.114. The Morgan fingerprint density at radius 1 is 1.00 bits per heavy atom. The Kier molecular flexibility index (Phi) is 4.99. The predicted molar refractivity (Wildman–Crippen MR) is 77.1 cm³/mol. The van der Waals surface area contributed by atoms with Crippen LogP contribution in [0.5, 0.6) is 0 Å². The summed E-state index contributed by atoms with van der Waals surface area (Å²) in [5.41, 5.74) is 0. The van der Waals surface area contributed by atoms with Crippen LogP contribution in [0.4, 0.5) is 11.6 Å². The quantitative estimate of drug-likeness (QED) is 0.833. The standard InChI is InChI=1S/C12H14N4O4S/c1-7-3-9(15-19-7)13-11(17)5-21-6-12(18)14-10-4-8(2)20-16-10/h3-4H,5-6H2,1-2H3,(H,13,15,17)(H,14,16,18). The number of hydrogen-bond donors (Lipinski definition) is 2. The molecule has 0 aliphatic rings. The Morgan fingerprint density at radius 3 is 1.76 bits per heavy atom. The summed E-state index contributed by atoms with van der Waals surface area (Å²) < 4.78 is 9.65. The molecule has 0 saturated carbocycles. The zero-order valence-electron chi connectivity index (χ0n) is 11.5. The van der Waals surface area contributed by atoms with E-state index in [4.69, 9.17) is 9.05 Å². The molecular formula is C12H14N4O4S. The maximum absolute atomic E-state index is 11.6. The highest BCUT2D eigenvalue weighted by Gasteiger charge is 2.09. The van der Waals surface area contributed by atoms with Gasteiger partial charge in [-0.15, -0.1) is 11.8 Å². The van der Waals surface area contributed by atoms with Gasteiger partial charge in [0.25, 0.3) is 0 Å². The van der Waals surface area contributed by atoms with Crippen molar-refractivity contribution >= 4 is 35.2 Å². The summed E-state index contributed by atoms with van der Waals surface area (Å²) in [5, 5.41) is 12.4. The number of carbonyl (C=O) groups is 2. The van der Waals surface area contributed by atoms with Crippen LogP contribution in [0.1, 0.15) is 11.5 Å². The normalized spacial score (nSPS) is 10.4. The molecule has 2 heterocycles. The van der Waals surface area contributed by atoms with Gasteiger partial charge < -0.3 is 19.7 Å². The van der Waals surface area contributed by atoms with E-state index in [0.717, 1.165) is 0 Å². The molecule has 9 heteroatoms. The zero-order chi connectivity index (χ0) is 15.2. The summed E-state index contributed by atoms with van der Waals surface area (Å²) in [6.07, 6.45) is 0. The van der Waals surface area contributed by atoms with Gasteiger partial charge >= 0.3 is 0 Å². The third-order valence-corrected chi connectivity index (χ3v) is 3.19. The molecular weight excluding hydrogens is 296 g/mol. The third-order valence-electron chi connectivity index (χ3n) is 2.26. The van der Waals surface area contributed by atoms with Crippen molar-refractivity contribution in [1.29, 1.82) is 0 Å². The minimum Gasteiger partial charge on any atom is -0.360 e. The number of carbonyl (C=O) groups excluding carboxylic acids is 2. The first-order valence-corrected chi connectivity index (χ1v) is 7.22. The van der Waals surface area contributed by atoms with Gasteiger partial charge in [0.2, 0.25) is 11.8 Å². The van der Waals surface area contributed by atoms with E-state index in [2.05, 4.69) is 20.9 Å². The number of amides is 2. The van der Waals surface area contributed by atoms with E-state index in [-0.39, 0.29) is 23.3 Å². The zero-order valence-corrected chi connectivity index (χ0v) is 12.3. The third kappa shape index (κ3) is 4.95. The molecule has 0 aromatic carbocycles. The first kappa shape index (κ1) is 15.1. The van der Waals surface area contributed by atoms with Crippen LogP contribution < -0.4 is 10.6 Å². The number of nitrogens with zero attached hydrogens (tertiary/aromatic N) is 2. The predicted octanol–water partition coefficient (Wildman–Crippen LogP) is 1.59. The maximum Gasteiger partial charge on any atom is 0.235 e. The molecule has 2 aromatic rings.